The highest BCUT2D eigenvalue weighted by atomic mass is 16.7. The summed E-state index contributed by atoms with van der Waals surface area (Å²) in [4.78, 5) is 25.1. The van der Waals surface area contributed by atoms with Crippen molar-refractivity contribution in [1.82, 2.24) is 5.32 Å². The van der Waals surface area contributed by atoms with E-state index in [1.807, 2.05) is 6.08 Å². The van der Waals surface area contributed by atoms with Crippen LogP contribution in [0.1, 0.15) is 335 Å². The van der Waals surface area contributed by atoms with E-state index in [1.165, 1.54) is 225 Å². The summed E-state index contributed by atoms with van der Waals surface area (Å²) in [6.45, 7) is 4.27. The summed E-state index contributed by atoms with van der Waals surface area (Å²) in [5.41, 5.74) is 0. The lowest BCUT2D eigenvalue weighted by Gasteiger charge is -2.40. The van der Waals surface area contributed by atoms with Gasteiger partial charge in [-0.1, -0.05) is 292 Å². The third kappa shape index (κ3) is 55.0. The SMILES string of the molecule is CCCC/C=C\C/C=C\CCCCCCCC(=O)OCCCCCCCCCCC/C=C\C/C=C\CCCCCCCCCCCCCCCCCCCC(=O)NC(COC1OC(CO)C(O)C(O)C1O)C(O)/C=C/CC/C=C/CC/C=C/CCCCCC. The molecule has 0 aromatic carbocycles. The molecule has 0 radical (unpaired) electrons. The maximum absolute atomic E-state index is 13.1. The first-order chi connectivity index (χ1) is 43.7. The zero-order valence-corrected chi connectivity index (χ0v) is 57.4. The topological polar surface area (TPSA) is 175 Å². The molecule has 89 heavy (non-hydrogen) atoms. The number of unbranched alkanes of at least 4 members (excludes halogenated alkanes) is 39. The largest absolute Gasteiger partial charge is 0.466 e. The van der Waals surface area contributed by atoms with Gasteiger partial charge in [0.1, 0.15) is 24.4 Å². The maximum Gasteiger partial charge on any atom is 0.305 e. The van der Waals surface area contributed by atoms with Gasteiger partial charge >= 0.3 is 5.97 Å². The van der Waals surface area contributed by atoms with Crippen molar-refractivity contribution < 1.29 is 49.3 Å². The molecule has 7 unspecified atom stereocenters. The number of hydrogen-bond acceptors (Lipinski definition) is 10. The van der Waals surface area contributed by atoms with Gasteiger partial charge in [0, 0.05) is 12.8 Å². The molecule has 1 rings (SSSR count). The number of ether oxygens (including phenoxy) is 3. The molecule has 0 spiro atoms. The molecule has 0 aliphatic carbocycles. The second kappa shape index (κ2) is 66.3. The first kappa shape index (κ1) is 83.9. The van der Waals surface area contributed by atoms with Crippen LogP contribution in [-0.2, 0) is 23.8 Å². The van der Waals surface area contributed by atoms with Gasteiger partial charge in [-0.05, 0) is 116 Å². The van der Waals surface area contributed by atoms with Gasteiger partial charge in [0.25, 0.3) is 0 Å². The van der Waals surface area contributed by atoms with Crippen molar-refractivity contribution in [2.45, 2.75) is 378 Å². The van der Waals surface area contributed by atoms with Gasteiger partial charge in [0.15, 0.2) is 6.29 Å². The summed E-state index contributed by atoms with van der Waals surface area (Å²) in [7, 11) is 0. The lowest BCUT2D eigenvalue weighted by atomic mass is 9.99. The molecule has 6 N–H and O–H groups in total. The normalized spacial score (nSPS) is 18.2. The smallest absolute Gasteiger partial charge is 0.305 e. The molecule has 0 aromatic heterocycles. The molecule has 1 amide bonds. The highest BCUT2D eigenvalue weighted by Crippen LogP contribution is 2.23. The van der Waals surface area contributed by atoms with Gasteiger partial charge in [-0.15, -0.1) is 0 Å². The van der Waals surface area contributed by atoms with Crippen molar-refractivity contribution in [1.29, 1.82) is 0 Å². The molecule has 11 heteroatoms. The highest BCUT2D eigenvalue weighted by molar-refractivity contribution is 5.76. The van der Waals surface area contributed by atoms with Gasteiger partial charge in [0.2, 0.25) is 5.91 Å². The summed E-state index contributed by atoms with van der Waals surface area (Å²) in [6.07, 6.45) is 81.5. The van der Waals surface area contributed by atoms with Crippen LogP contribution in [-0.4, -0.2) is 100 Å². The highest BCUT2D eigenvalue weighted by Gasteiger charge is 2.44. The van der Waals surface area contributed by atoms with E-state index in [2.05, 4.69) is 92.1 Å². The summed E-state index contributed by atoms with van der Waals surface area (Å²) < 4.78 is 16.7. The van der Waals surface area contributed by atoms with E-state index in [1.54, 1.807) is 6.08 Å². The van der Waals surface area contributed by atoms with E-state index in [4.69, 9.17) is 14.2 Å². The Kier molecular flexibility index (Phi) is 62.5. The number of aliphatic hydroxyl groups is 5. The molecule has 0 saturated carbocycles. The first-order valence-electron chi connectivity index (χ1n) is 37.4. The zero-order valence-electron chi connectivity index (χ0n) is 57.4. The van der Waals surface area contributed by atoms with Crippen LogP contribution in [0.3, 0.4) is 0 Å². The number of allylic oxidation sites excluding steroid dienone is 13. The van der Waals surface area contributed by atoms with Crippen molar-refractivity contribution in [3.05, 3.63) is 85.1 Å². The summed E-state index contributed by atoms with van der Waals surface area (Å²) in [5, 5.41) is 54.5. The Labute approximate surface area is 546 Å². The summed E-state index contributed by atoms with van der Waals surface area (Å²) >= 11 is 0. The predicted molar refractivity (Wildman–Crippen MR) is 375 cm³/mol. The Morgan fingerprint density at radius 1 is 0.416 bits per heavy atom. The van der Waals surface area contributed by atoms with E-state index >= 15 is 0 Å². The molecular weight excluding hydrogens is 1110 g/mol. The standard InChI is InChI=1S/C78H139NO10/c1-3-5-7-9-11-13-15-17-40-44-48-52-56-60-64-71(81)70(69-88-78-77(86)76(85)75(84)72(68-80)89-78)79-73(82)65-61-57-53-49-45-41-38-36-34-32-30-28-26-24-22-20-19-21-23-25-27-29-31-33-35-37-39-43-47-51-55-59-63-67-87-74(83)66-62-58-54-50-46-42-18-16-14-12-10-8-6-4-2/h10,12-13,15-16,18,23,25,29,31,44,48,60,64,70-72,75-78,80-81,84-86H,3-9,11,14,17,19-22,24,26-28,30,32-43,45-47,49-59,61-63,65-69H2,1-2H3,(H,79,82)/b12-10-,15-13+,18-16-,25-23-,31-29-,48-44+,64-60+. The third-order valence-electron chi connectivity index (χ3n) is 17.2. The fourth-order valence-electron chi connectivity index (χ4n) is 11.3. The zero-order chi connectivity index (χ0) is 64.4. The number of hydrogen-bond donors (Lipinski definition) is 6. The average Bonchev–Trinajstić information content (AvgIpc) is 1.79. The second-order valence-corrected chi connectivity index (χ2v) is 25.6. The summed E-state index contributed by atoms with van der Waals surface area (Å²) in [5.74, 6) is -0.203. The van der Waals surface area contributed by atoms with Gasteiger partial charge in [-0.2, -0.15) is 0 Å². The monoisotopic (exact) mass is 1250 g/mol. The van der Waals surface area contributed by atoms with E-state index < -0.39 is 49.5 Å². The van der Waals surface area contributed by atoms with E-state index in [0.717, 1.165) is 83.5 Å². The molecule has 11 nitrogen and oxygen atoms in total. The Bertz CT molecular complexity index is 1760. The van der Waals surface area contributed by atoms with Crippen LogP contribution in [0.4, 0.5) is 0 Å². The van der Waals surface area contributed by atoms with Crippen LogP contribution in [0.15, 0.2) is 85.1 Å². The molecule has 7 atom stereocenters. The summed E-state index contributed by atoms with van der Waals surface area (Å²) in [6, 6.07) is -0.835. The van der Waals surface area contributed by atoms with E-state index in [-0.39, 0.29) is 18.5 Å². The van der Waals surface area contributed by atoms with Crippen LogP contribution < -0.4 is 5.32 Å². The maximum atomic E-state index is 13.1. The van der Waals surface area contributed by atoms with Crippen molar-refractivity contribution in [3.8, 4) is 0 Å². The van der Waals surface area contributed by atoms with E-state index in [0.29, 0.717) is 19.4 Å². The Balaban J connectivity index is 1.97. The number of aliphatic hydroxyl groups excluding tert-OH is 5. The number of carbonyl (C=O) groups is 2. The molecule has 516 valence electrons. The Hall–Kier alpha value is -3.16. The molecule has 1 heterocycles. The van der Waals surface area contributed by atoms with Crippen LogP contribution >= 0.6 is 0 Å². The Morgan fingerprint density at radius 2 is 0.775 bits per heavy atom. The quantitative estimate of drug-likeness (QED) is 0.0195. The van der Waals surface area contributed by atoms with Crippen molar-refractivity contribution >= 4 is 11.9 Å². The van der Waals surface area contributed by atoms with Gasteiger partial charge in [-0.25, -0.2) is 0 Å². The molecule has 1 fully saturated rings. The number of rotatable bonds is 65. The van der Waals surface area contributed by atoms with Crippen molar-refractivity contribution in [2.24, 2.45) is 0 Å². The predicted octanol–water partition coefficient (Wildman–Crippen LogP) is 19.6. The molecular formula is C78H139NO10. The van der Waals surface area contributed by atoms with Crippen molar-refractivity contribution in [2.75, 3.05) is 19.8 Å². The van der Waals surface area contributed by atoms with Gasteiger partial charge < -0.3 is 45.1 Å². The van der Waals surface area contributed by atoms with Crippen LogP contribution in [0.2, 0.25) is 0 Å². The lowest BCUT2D eigenvalue weighted by Crippen LogP contribution is -2.60. The minimum absolute atomic E-state index is 0.00866. The van der Waals surface area contributed by atoms with Crippen LogP contribution in [0, 0.1) is 0 Å². The molecule has 0 bridgehead atoms. The lowest BCUT2D eigenvalue weighted by molar-refractivity contribution is -0.302. The minimum atomic E-state index is -1.58. The molecule has 1 aliphatic rings. The fourth-order valence-corrected chi connectivity index (χ4v) is 11.3. The Morgan fingerprint density at radius 3 is 1.21 bits per heavy atom. The molecule has 0 aromatic rings. The average molecular weight is 1250 g/mol. The number of carbonyl (C=O) groups excluding carboxylic acids is 2. The van der Waals surface area contributed by atoms with Crippen LogP contribution in [0.5, 0.6) is 0 Å². The molecule has 1 saturated heterocycles. The first-order valence-corrected chi connectivity index (χ1v) is 37.4. The number of nitrogens with one attached hydrogen (secondary N) is 1. The number of esters is 1. The van der Waals surface area contributed by atoms with Gasteiger partial charge in [-0.3, -0.25) is 9.59 Å². The van der Waals surface area contributed by atoms with Crippen LogP contribution in [0.25, 0.3) is 0 Å². The van der Waals surface area contributed by atoms with E-state index in [9.17, 15) is 35.1 Å². The van der Waals surface area contributed by atoms with Crippen molar-refractivity contribution in [3.63, 3.8) is 0 Å². The fraction of sp³-hybridized carbons (Fsp3) is 0.795. The van der Waals surface area contributed by atoms with Gasteiger partial charge in [0.05, 0.1) is 32.0 Å². The minimum Gasteiger partial charge on any atom is -0.466 e. The second-order valence-electron chi connectivity index (χ2n) is 25.6. The number of amides is 1. The third-order valence-corrected chi connectivity index (χ3v) is 17.2. The molecule has 1 aliphatic heterocycles.